The van der Waals surface area contributed by atoms with E-state index in [1.54, 1.807) is 0 Å². The summed E-state index contributed by atoms with van der Waals surface area (Å²) in [7, 11) is 0. The van der Waals surface area contributed by atoms with Gasteiger partial charge in [0.1, 0.15) is 5.82 Å². The van der Waals surface area contributed by atoms with Gasteiger partial charge in [-0.1, -0.05) is 30.3 Å². The highest BCUT2D eigenvalue weighted by molar-refractivity contribution is 5.78. The maximum Gasteiger partial charge on any atom is 0.225 e. The number of aryl methyl sites for hydroxylation is 2. The van der Waals surface area contributed by atoms with Gasteiger partial charge in [0.25, 0.3) is 0 Å². The minimum atomic E-state index is -0.461. The van der Waals surface area contributed by atoms with E-state index in [1.165, 1.54) is 5.56 Å². The third-order valence-corrected chi connectivity index (χ3v) is 4.48. The van der Waals surface area contributed by atoms with Crippen molar-refractivity contribution in [2.45, 2.75) is 45.2 Å². The molecule has 1 aliphatic heterocycles. The molecule has 2 aromatic rings. The van der Waals surface area contributed by atoms with Crippen molar-refractivity contribution in [3.05, 3.63) is 47.5 Å². The number of nitrogens with two attached hydrogens (primary N) is 1. The smallest absolute Gasteiger partial charge is 0.225 e. The van der Waals surface area contributed by atoms with Crippen LogP contribution in [-0.4, -0.2) is 38.0 Å². The highest BCUT2D eigenvalue weighted by Crippen LogP contribution is 2.24. The molecule has 25 heavy (non-hydrogen) atoms. The van der Waals surface area contributed by atoms with Crippen LogP contribution >= 0.6 is 0 Å². The Morgan fingerprint density at radius 1 is 1.32 bits per heavy atom. The lowest BCUT2D eigenvalue weighted by Gasteiger charge is -2.23. The van der Waals surface area contributed by atoms with Crippen molar-refractivity contribution in [1.82, 2.24) is 19.7 Å². The van der Waals surface area contributed by atoms with E-state index in [0.29, 0.717) is 24.6 Å². The highest BCUT2D eigenvalue weighted by atomic mass is 16.2. The average Bonchev–Trinajstić information content (AvgIpc) is 3.19. The first-order valence-electron chi connectivity index (χ1n) is 8.60. The molecule has 2 N–H and O–H groups in total. The van der Waals surface area contributed by atoms with E-state index < -0.39 is 5.91 Å². The Morgan fingerprint density at radius 2 is 2.08 bits per heavy atom. The van der Waals surface area contributed by atoms with E-state index in [0.717, 1.165) is 19.4 Å². The summed E-state index contributed by atoms with van der Waals surface area (Å²) >= 11 is 0. The van der Waals surface area contributed by atoms with Gasteiger partial charge >= 0.3 is 0 Å². The Balaban J connectivity index is 1.82. The first-order chi connectivity index (χ1) is 12.0. The van der Waals surface area contributed by atoms with Gasteiger partial charge in [0, 0.05) is 19.5 Å². The zero-order valence-corrected chi connectivity index (χ0v) is 14.4. The highest BCUT2D eigenvalue weighted by Gasteiger charge is 2.29. The van der Waals surface area contributed by atoms with Gasteiger partial charge in [-0.05, 0) is 25.3 Å². The molecule has 1 fully saturated rings. The van der Waals surface area contributed by atoms with Crippen molar-refractivity contribution in [3.63, 3.8) is 0 Å². The lowest BCUT2D eigenvalue weighted by atomic mass is 10.1. The van der Waals surface area contributed by atoms with Gasteiger partial charge < -0.3 is 10.6 Å². The molecule has 2 heterocycles. The molecule has 0 radical (unpaired) electrons. The number of primary amides is 1. The molecule has 7 heteroatoms. The third-order valence-electron chi connectivity index (χ3n) is 4.48. The third kappa shape index (κ3) is 4.04. The van der Waals surface area contributed by atoms with E-state index in [1.807, 2.05) is 34.7 Å². The second-order valence-electron chi connectivity index (χ2n) is 6.35. The largest absolute Gasteiger partial charge is 0.369 e. The molecule has 132 valence electrons. The lowest BCUT2D eigenvalue weighted by Crippen LogP contribution is -2.30. The molecule has 1 aromatic heterocycles. The summed E-state index contributed by atoms with van der Waals surface area (Å²) in [6.45, 7) is 3.33. The number of carbonyl (C=O) groups excluding carboxylic acids is 2. The molecule has 0 unspecified atom stereocenters. The Hall–Kier alpha value is -2.70. The van der Waals surface area contributed by atoms with E-state index >= 15 is 0 Å². The number of benzene rings is 1. The maximum atomic E-state index is 12.1. The second kappa shape index (κ2) is 7.46. The summed E-state index contributed by atoms with van der Waals surface area (Å²) in [6.07, 6.45) is 2.26. The van der Waals surface area contributed by atoms with Gasteiger partial charge in [-0.2, -0.15) is 5.10 Å². The van der Waals surface area contributed by atoms with Crippen LogP contribution in [0, 0.1) is 0 Å². The SMILES string of the molecule is C[C@@H](c1nc(CC(N)=O)nn1CCc1ccccc1)N1CCCC1=O. The van der Waals surface area contributed by atoms with E-state index in [4.69, 9.17) is 5.73 Å². The van der Waals surface area contributed by atoms with Crippen molar-refractivity contribution >= 4 is 11.8 Å². The van der Waals surface area contributed by atoms with Gasteiger partial charge in [-0.3, -0.25) is 9.59 Å². The summed E-state index contributed by atoms with van der Waals surface area (Å²) < 4.78 is 1.81. The molecule has 0 spiro atoms. The van der Waals surface area contributed by atoms with Crippen molar-refractivity contribution < 1.29 is 9.59 Å². The van der Waals surface area contributed by atoms with Crippen LogP contribution in [0.5, 0.6) is 0 Å². The van der Waals surface area contributed by atoms with Crippen LogP contribution in [0.1, 0.15) is 43.0 Å². The fourth-order valence-corrected chi connectivity index (χ4v) is 3.20. The van der Waals surface area contributed by atoms with E-state index in [9.17, 15) is 9.59 Å². The Morgan fingerprint density at radius 3 is 2.72 bits per heavy atom. The van der Waals surface area contributed by atoms with Crippen LogP contribution < -0.4 is 5.73 Å². The molecule has 1 atom stereocenters. The average molecular weight is 341 g/mol. The molecule has 2 amide bonds. The van der Waals surface area contributed by atoms with E-state index in [-0.39, 0.29) is 18.4 Å². The summed E-state index contributed by atoms with van der Waals surface area (Å²) in [5.41, 5.74) is 6.48. The number of carbonyl (C=O) groups is 2. The van der Waals surface area contributed by atoms with E-state index in [2.05, 4.69) is 22.2 Å². The van der Waals surface area contributed by atoms with Crippen LogP contribution in [-0.2, 0) is 29.0 Å². The first-order valence-corrected chi connectivity index (χ1v) is 8.60. The van der Waals surface area contributed by atoms with Crippen LogP contribution in [0.25, 0.3) is 0 Å². The maximum absolute atomic E-state index is 12.1. The van der Waals surface area contributed by atoms with Crippen LogP contribution in [0.2, 0.25) is 0 Å². The molecule has 1 aromatic carbocycles. The van der Waals surface area contributed by atoms with Gasteiger partial charge in [-0.15, -0.1) is 0 Å². The normalized spacial score (nSPS) is 15.6. The molecule has 1 aliphatic rings. The predicted octanol–water partition coefficient (Wildman–Crippen LogP) is 1.23. The first kappa shape index (κ1) is 17.1. The number of nitrogens with zero attached hydrogens (tertiary/aromatic N) is 4. The Bertz CT molecular complexity index is 756. The van der Waals surface area contributed by atoms with Gasteiger partial charge in [0.2, 0.25) is 11.8 Å². The fraction of sp³-hybridized carbons (Fsp3) is 0.444. The standard InChI is InChI=1S/C18H23N5O2/c1-13(22-10-5-8-17(22)25)18-20-16(12-15(19)24)21-23(18)11-9-14-6-3-2-4-7-14/h2-4,6-7,13H,5,8-12H2,1H3,(H2,19,24)/t13-/m0/s1. The quantitative estimate of drug-likeness (QED) is 0.819. The summed E-state index contributed by atoms with van der Waals surface area (Å²) in [5.74, 6) is 0.801. The fourth-order valence-electron chi connectivity index (χ4n) is 3.20. The summed E-state index contributed by atoms with van der Waals surface area (Å²) in [4.78, 5) is 29.6. The van der Waals surface area contributed by atoms with Crippen molar-refractivity contribution in [3.8, 4) is 0 Å². The second-order valence-corrected chi connectivity index (χ2v) is 6.35. The van der Waals surface area contributed by atoms with Gasteiger partial charge in [0.15, 0.2) is 5.82 Å². The number of likely N-dealkylation sites (tertiary alicyclic amines) is 1. The molecule has 0 aliphatic carbocycles. The number of hydrogen-bond donors (Lipinski definition) is 1. The van der Waals surface area contributed by atoms with Gasteiger partial charge in [0.05, 0.1) is 12.5 Å². The van der Waals surface area contributed by atoms with Crippen LogP contribution in [0.3, 0.4) is 0 Å². The number of hydrogen-bond acceptors (Lipinski definition) is 4. The molecule has 1 saturated heterocycles. The predicted molar refractivity (Wildman–Crippen MR) is 92.4 cm³/mol. The minimum Gasteiger partial charge on any atom is -0.369 e. The summed E-state index contributed by atoms with van der Waals surface area (Å²) in [5, 5.41) is 4.45. The zero-order valence-electron chi connectivity index (χ0n) is 14.4. The number of amides is 2. The molecule has 7 nitrogen and oxygen atoms in total. The van der Waals surface area contributed by atoms with Crippen molar-refractivity contribution in [1.29, 1.82) is 0 Å². The van der Waals surface area contributed by atoms with Gasteiger partial charge in [-0.25, -0.2) is 9.67 Å². The molecular formula is C18H23N5O2. The zero-order chi connectivity index (χ0) is 17.8. The topological polar surface area (TPSA) is 94.1 Å². The Kier molecular flexibility index (Phi) is 5.11. The van der Waals surface area contributed by atoms with Crippen molar-refractivity contribution in [2.24, 2.45) is 5.73 Å². The Labute approximate surface area is 146 Å². The number of rotatable bonds is 7. The minimum absolute atomic E-state index is 0.00596. The molecular weight excluding hydrogens is 318 g/mol. The number of aromatic nitrogens is 3. The molecule has 0 saturated carbocycles. The molecule has 3 rings (SSSR count). The van der Waals surface area contributed by atoms with Crippen LogP contribution in [0.4, 0.5) is 0 Å². The monoisotopic (exact) mass is 341 g/mol. The van der Waals surface area contributed by atoms with Crippen LogP contribution in [0.15, 0.2) is 30.3 Å². The molecule has 0 bridgehead atoms. The summed E-state index contributed by atoms with van der Waals surface area (Å²) in [6, 6.07) is 9.95. The van der Waals surface area contributed by atoms with Crippen molar-refractivity contribution in [2.75, 3.05) is 6.54 Å². The lowest BCUT2D eigenvalue weighted by molar-refractivity contribution is -0.129.